The Balaban J connectivity index is 1.53. The molecule has 0 spiro atoms. The van der Waals surface area contributed by atoms with Gasteiger partial charge in [0.25, 0.3) is 5.91 Å². The highest BCUT2D eigenvalue weighted by Crippen LogP contribution is 2.27. The van der Waals surface area contributed by atoms with Crippen LogP contribution in [0.2, 0.25) is 0 Å². The van der Waals surface area contributed by atoms with E-state index in [1.54, 1.807) is 4.90 Å². The van der Waals surface area contributed by atoms with Gasteiger partial charge in [0.2, 0.25) is 5.91 Å². The Morgan fingerprint density at radius 3 is 1.84 bits per heavy atom. The zero-order valence-corrected chi connectivity index (χ0v) is 18.7. The highest BCUT2D eigenvalue weighted by Gasteiger charge is 2.17. The van der Waals surface area contributed by atoms with Gasteiger partial charge in [-0.1, -0.05) is 85.8 Å². The molecule has 0 fully saturated rings. The van der Waals surface area contributed by atoms with E-state index in [1.807, 2.05) is 49.4 Å². The topological polar surface area (TPSA) is 49.4 Å². The summed E-state index contributed by atoms with van der Waals surface area (Å²) in [5, 5.41) is 3.05. The summed E-state index contributed by atoms with van der Waals surface area (Å²) in [7, 11) is 0. The molecule has 0 saturated heterocycles. The first-order valence-electron chi connectivity index (χ1n) is 11.4. The minimum atomic E-state index is -0.0214. The summed E-state index contributed by atoms with van der Waals surface area (Å²) in [4.78, 5) is 27.0. The minimum Gasteiger partial charge on any atom is -0.356 e. The molecule has 166 valence electrons. The van der Waals surface area contributed by atoms with E-state index in [0.29, 0.717) is 31.6 Å². The zero-order valence-electron chi connectivity index (χ0n) is 18.7. The summed E-state index contributed by atoms with van der Waals surface area (Å²) in [6.07, 6.45) is 1.98. The summed E-state index contributed by atoms with van der Waals surface area (Å²) in [5.74, 6) is 0.189. The van der Waals surface area contributed by atoms with Crippen LogP contribution in [0.3, 0.4) is 0 Å². The maximum atomic E-state index is 12.8. The fraction of sp³-hybridized carbons (Fsp3) is 0.286. The predicted molar refractivity (Wildman–Crippen MR) is 130 cm³/mol. The third kappa shape index (κ3) is 6.81. The van der Waals surface area contributed by atoms with E-state index in [2.05, 4.69) is 53.8 Å². The van der Waals surface area contributed by atoms with Crippen molar-refractivity contribution in [2.75, 3.05) is 19.6 Å². The molecule has 0 aromatic heterocycles. The van der Waals surface area contributed by atoms with Gasteiger partial charge in [-0.2, -0.15) is 0 Å². The van der Waals surface area contributed by atoms with Crippen molar-refractivity contribution in [2.45, 2.75) is 32.1 Å². The number of benzene rings is 3. The molecule has 32 heavy (non-hydrogen) atoms. The van der Waals surface area contributed by atoms with Crippen molar-refractivity contribution < 1.29 is 9.59 Å². The lowest BCUT2D eigenvalue weighted by Gasteiger charge is -2.22. The molecule has 0 unspecified atom stereocenters. The number of hydrogen-bond donors (Lipinski definition) is 1. The first-order valence-corrected chi connectivity index (χ1v) is 11.4. The lowest BCUT2D eigenvalue weighted by Crippen LogP contribution is -2.36. The third-order valence-corrected chi connectivity index (χ3v) is 5.57. The Bertz CT molecular complexity index is 919. The molecule has 2 amide bonds. The number of amides is 2. The van der Waals surface area contributed by atoms with Gasteiger partial charge in [-0.05, 0) is 36.1 Å². The van der Waals surface area contributed by atoms with E-state index in [-0.39, 0.29) is 17.7 Å². The van der Waals surface area contributed by atoms with Crippen LogP contribution in [0.5, 0.6) is 0 Å². The minimum absolute atomic E-state index is 0.0199. The van der Waals surface area contributed by atoms with E-state index in [1.165, 1.54) is 11.1 Å². The Kier molecular flexibility index (Phi) is 9.05. The van der Waals surface area contributed by atoms with Gasteiger partial charge in [-0.15, -0.1) is 0 Å². The van der Waals surface area contributed by atoms with Crippen LogP contribution in [0, 0.1) is 0 Å². The summed E-state index contributed by atoms with van der Waals surface area (Å²) in [6.45, 7) is 3.70. The molecular formula is C28H32N2O2. The van der Waals surface area contributed by atoms with Crippen molar-refractivity contribution in [2.24, 2.45) is 0 Å². The van der Waals surface area contributed by atoms with E-state index in [9.17, 15) is 9.59 Å². The van der Waals surface area contributed by atoms with Crippen LogP contribution in [0.25, 0.3) is 0 Å². The molecule has 3 aromatic carbocycles. The fourth-order valence-corrected chi connectivity index (χ4v) is 3.93. The summed E-state index contributed by atoms with van der Waals surface area (Å²) >= 11 is 0. The first kappa shape index (κ1) is 23.3. The van der Waals surface area contributed by atoms with E-state index in [0.717, 1.165) is 12.8 Å². The maximum absolute atomic E-state index is 12.8. The zero-order chi connectivity index (χ0) is 22.6. The molecule has 0 heterocycles. The quantitative estimate of drug-likeness (QED) is 0.452. The van der Waals surface area contributed by atoms with Crippen LogP contribution < -0.4 is 5.32 Å². The predicted octanol–water partition coefficient (Wildman–Crippen LogP) is 5.27. The Hall–Kier alpha value is -3.40. The Morgan fingerprint density at radius 1 is 0.781 bits per heavy atom. The second-order valence-corrected chi connectivity index (χ2v) is 7.92. The van der Waals surface area contributed by atoms with Crippen molar-refractivity contribution >= 4 is 11.8 Å². The number of hydrogen-bond acceptors (Lipinski definition) is 2. The van der Waals surface area contributed by atoms with Crippen LogP contribution in [0.15, 0.2) is 91.0 Å². The summed E-state index contributed by atoms with van der Waals surface area (Å²) in [5.41, 5.74) is 3.15. The van der Waals surface area contributed by atoms with Gasteiger partial charge in [0, 0.05) is 37.5 Å². The first-order chi connectivity index (χ1) is 15.7. The van der Waals surface area contributed by atoms with E-state index < -0.39 is 0 Å². The molecule has 0 aliphatic heterocycles. The van der Waals surface area contributed by atoms with Gasteiger partial charge in [0.1, 0.15) is 0 Å². The summed E-state index contributed by atoms with van der Waals surface area (Å²) in [6, 6.07) is 30.0. The van der Waals surface area contributed by atoms with Crippen LogP contribution in [-0.2, 0) is 4.79 Å². The highest BCUT2D eigenvalue weighted by molar-refractivity contribution is 5.94. The van der Waals surface area contributed by atoms with Gasteiger partial charge < -0.3 is 10.2 Å². The van der Waals surface area contributed by atoms with Crippen LogP contribution >= 0.6 is 0 Å². The molecule has 3 aromatic rings. The number of rotatable bonds is 11. The fourth-order valence-electron chi connectivity index (χ4n) is 3.93. The number of carbonyl (C=O) groups excluding carboxylic acids is 2. The standard InChI is InChI=1S/C28H32N2O2/c1-2-21-30(28(32)25-16-10-5-11-17-25)22-19-27(31)29-20-18-26(23-12-6-3-7-13-23)24-14-8-4-9-15-24/h3-17,26H,2,18-22H2,1H3,(H,29,31). The molecule has 4 nitrogen and oxygen atoms in total. The Labute approximate surface area is 191 Å². The average Bonchev–Trinajstić information content (AvgIpc) is 2.85. The van der Waals surface area contributed by atoms with Crippen molar-refractivity contribution in [3.63, 3.8) is 0 Å². The van der Waals surface area contributed by atoms with Gasteiger partial charge >= 0.3 is 0 Å². The second-order valence-electron chi connectivity index (χ2n) is 7.92. The molecule has 0 aliphatic rings. The molecule has 0 bridgehead atoms. The van der Waals surface area contributed by atoms with E-state index in [4.69, 9.17) is 0 Å². The maximum Gasteiger partial charge on any atom is 0.253 e. The third-order valence-electron chi connectivity index (χ3n) is 5.57. The molecule has 0 aliphatic carbocycles. The SMILES string of the molecule is CCCN(CCC(=O)NCCC(c1ccccc1)c1ccccc1)C(=O)c1ccccc1. The smallest absolute Gasteiger partial charge is 0.253 e. The largest absolute Gasteiger partial charge is 0.356 e. The molecule has 3 rings (SSSR count). The normalized spacial score (nSPS) is 10.7. The van der Waals surface area contributed by atoms with E-state index >= 15 is 0 Å². The molecule has 1 N–H and O–H groups in total. The van der Waals surface area contributed by atoms with Crippen molar-refractivity contribution in [3.8, 4) is 0 Å². The number of nitrogens with one attached hydrogen (secondary N) is 1. The highest BCUT2D eigenvalue weighted by atomic mass is 16.2. The van der Waals surface area contributed by atoms with Crippen molar-refractivity contribution in [1.29, 1.82) is 0 Å². The second kappa shape index (κ2) is 12.5. The Morgan fingerprint density at radius 2 is 1.31 bits per heavy atom. The monoisotopic (exact) mass is 428 g/mol. The summed E-state index contributed by atoms with van der Waals surface area (Å²) < 4.78 is 0. The van der Waals surface area contributed by atoms with Gasteiger partial charge in [0.15, 0.2) is 0 Å². The molecule has 0 radical (unpaired) electrons. The molecule has 0 saturated carbocycles. The average molecular weight is 429 g/mol. The molecular weight excluding hydrogens is 396 g/mol. The number of carbonyl (C=O) groups is 2. The lowest BCUT2D eigenvalue weighted by atomic mass is 9.88. The van der Waals surface area contributed by atoms with Crippen molar-refractivity contribution in [3.05, 3.63) is 108 Å². The molecule has 4 heteroatoms. The lowest BCUT2D eigenvalue weighted by molar-refractivity contribution is -0.121. The van der Waals surface area contributed by atoms with Gasteiger partial charge in [-0.3, -0.25) is 9.59 Å². The number of nitrogens with zero attached hydrogens (tertiary/aromatic N) is 1. The molecule has 0 atom stereocenters. The van der Waals surface area contributed by atoms with Gasteiger partial charge in [-0.25, -0.2) is 0 Å². The van der Waals surface area contributed by atoms with Crippen LogP contribution in [-0.4, -0.2) is 36.3 Å². The van der Waals surface area contributed by atoms with Crippen molar-refractivity contribution in [1.82, 2.24) is 10.2 Å². The van der Waals surface area contributed by atoms with Crippen LogP contribution in [0.4, 0.5) is 0 Å². The van der Waals surface area contributed by atoms with Crippen LogP contribution in [0.1, 0.15) is 53.6 Å². The van der Waals surface area contributed by atoms with Gasteiger partial charge in [0.05, 0.1) is 0 Å².